The van der Waals surface area contributed by atoms with Gasteiger partial charge in [-0.05, 0) is 34.5 Å². The normalized spacial score (nSPS) is 11.6. The molecule has 0 N–H and O–H groups in total. The van der Waals surface area contributed by atoms with Gasteiger partial charge < -0.3 is 4.42 Å². The first-order valence-electron chi connectivity index (χ1n) is 4.93. The van der Waals surface area contributed by atoms with Crippen LogP contribution in [0.5, 0.6) is 0 Å². The van der Waals surface area contributed by atoms with E-state index >= 15 is 0 Å². The topological polar surface area (TPSA) is 64.3 Å². The van der Waals surface area contributed by atoms with E-state index in [4.69, 9.17) is 4.42 Å². The van der Waals surface area contributed by atoms with Crippen molar-refractivity contribution in [2.24, 2.45) is 0 Å². The van der Waals surface area contributed by atoms with E-state index in [1.54, 1.807) is 19.1 Å². The third kappa shape index (κ3) is 4.09. The van der Waals surface area contributed by atoms with Gasteiger partial charge in [-0.2, -0.15) is 0 Å². The Morgan fingerprint density at radius 2 is 2.12 bits per heavy atom. The molecule has 90 valence electrons. The maximum absolute atomic E-state index is 11.5. The summed E-state index contributed by atoms with van der Waals surface area (Å²) in [5.41, 5.74) is 0. The van der Waals surface area contributed by atoms with E-state index in [0.717, 1.165) is 0 Å². The van der Waals surface area contributed by atoms with Gasteiger partial charge in [0.2, 0.25) is 0 Å². The second-order valence-corrected chi connectivity index (χ2v) is 6.62. The molecule has 1 aromatic rings. The van der Waals surface area contributed by atoms with E-state index in [-0.39, 0.29) is 29.5 Å². The van der Waals surface area contributed by atoms with Gasteiger partial charge in [-0.25, -0.2) is 8.42 Å². The molecule has 0 fully saturated rings. The van der Waals surface area contributed by atoms with Crippen LogP contribution < -0.4 is 0 Å². The van der Waals surface area contributed by atoms with Gasteiger partial charge in [0.25, 0.3) is 0 Å². The lowest BCUT2D eigenvalue weighted by Gasteiger charge is -1.99. The van der Waals surface area contributed by atoms with Crippen LogP contribution >= 0.6 is 15.9 Å². The molecule has 16 heavy (non-hydrogen) atoms. The molecule has 4 nitrogen and oxygen atoms in total. The molecule has 0 aliphatic heterocycles. The highest BCUT2D eigenvalue weighted by Crippen LogP contribution is 2.16. The molecule has 6 heteroatoms. The predicted molar refractivity (Wildman–Crippen MR) is 64.3 cm³/mol. The maximum atomic E-state index is 11.5. The molecule has 0 saturated carbocycles. The standard InChI is InChI=1S/C10H13BrO4S/c1-2-16(13,14)7-3-4-8(12)9-5-6-10(11)15-9/h5-6H,2-4,7H2,1H3. The van der Waals surface area contributed by atoms with Gasteiger partial charge in [0.1, 0.15) is 9.84 Å². The molecule has 0 atom stereocenters. The molecule has 0 bridgehead atoms. The number of carbonyl (C=O) groups excluding carboxylic acids is 1. The number of rotatable bonds is 6. The molecule has 0 aliphatic rings. The lowest BCUT2D eigenvalue weighted by Crippen LogP contribution is -2.10. The lowest BCUT2D eigenvalue weighted by atomic mass is 10.2. The zero-order valence-corrected chi connectivity index (χ0v) is 11.3. The third-order valence-electron chi connectivity index (χ3n) is 2.15. The summed E-state index contributed by atoms with van der Waals surface area (Å²) in [6.07, 6.45) is 0.534. The number of hydrogen-bond acceptors (Lipinski definition) is 4. The molecule has 1 heterocycles. The van der Waals surface area contributed by atoms with E-state index in [0.29, 0.717) is 11.1 Å². The monoisotopic (exact) mass is 308 g/mol. The van der Waals surface area contributed by atoms with Crippen molar-refractivity contribution in [3.8, 4) is 0 Å². The summed E-state index contributed by atoms with van der Waals surface area (Å²) in [4.78, 5) is 11.5. The van der Waals surface area contributed by atoms with Crippen molar-refractivity contribution >= 4 is 31.6 Å². The van der Waals surface area contributed by atoms with Crippen LogP contribution in [0.3, 0.4) is 0 Å². The maximum Gasteiger partial charge on any atom is 0.198 e. The second kappa shape index (κ2) is 5.63. The molecular formula is C10H13BrO4S. The molecule has 0 spiro atoms. The second-order valence-electron chi connectivity index (χ2n) is 3.37. The van der Waals surface area contributed by atoms with Crippen LogP contribution in [0.2, 0.25) is 0 Å². The number of ketones is 1. The van der Waals surface area contributed by atoms with Gasteiger partial charge in [0, 0.05) is 12.2 Å². The molecule has 0 aromatic carbocycles. The van der Waals surface area contributed by atoms with Crippen LogP contribution in [0.25, 0.3) is 0 Å². The summed E-state index contributed by atoms with van der Waals surface area (Å²) in [6, 6.07) is 3.21. The van der Waals surface area contributed by atoms with Crippen molar-refractivity contribution in [3.63, 3.8) is 0 Å². The SMILES string of the molecule is CCS(=O)(=O)CCCC(=O)c1ccc(Br)o1. The van der Waals surface area contributed by atoms with Crippen molar-refractivity contribution in [2.75, 3.05) is 11.5 Å². The predicted octanol–water partition coefficient (Wildman–Crippen LogP) is 2.44. The number of Topliss-reactive ketones (excluding diaryl/α,β-unsaturated/α-hetero) is 1. The number of halogens is 1. The van der Waals surface area contributed by atoms with Crippen molar-refractivity contribution < 1.29 is 17.6 Å². The molecule has 1 aromatic heterocycles. The Morgan fingerprint density at radius 1 is 1.44 bits per heavy atom. The lowest BCUT2D eigenvalue weighted by molar-refractivity contribution is 0.0954. The average molecular weight is 309 g/mol. The molecule has 0 unspecified atom stereocenters. The molecule has 1 rings (SSSR count). The number of carbonyl (C=O) groups is 1. The van der Waals surface area contributed by atoms with E-state index < -0.39 is 9.84 Å². The van der Waals surface area contributed by atoms with Gasteiger partial charge in [-0.1, -0.05) is 6.92 Å². The molecule has 0 amide bonds. The van der Waals surface area contributed by atoms with Crippen LogP contribution in [-0.2, 0) is 9.84 Å². The van der Waals surface area contributed by atoms with Crippen molar-refractivity contribution in [3.05, 3.63) is 22.6 Å². The minimum atomic E-state index is -2.98. The Morgan fingerprint density at radius 3 is 2.62 bits per heavy atom. The quantitative estimate of drug-likeness (QED) is 0.757. The summed E-state index contributed by atoms with van der Waals surface area (Å²) >= 11 is 3.10. The van der Waals surface area contributed by atoms with Crippen LogP contribution in [-0.4, -0.2) is 25.7 Å². The number of hydrogen-bond donors (Lipinski definition) is 0. The Balaban J connectivity index is 2.43. The first kappa shape index (κ1) is 13.4. The fourth-order valence-electron chi connectivity index (χ4n) is 1.18. The third-order valence-corrected chi connectivity index (χ3v) is 4.36. The van der Waals surface area contributed by atoms with Crippen molar-refractivity contribution in [1.82, 2.24) is 0 Å². The molecular weight excluding hydrogens is 296 g/mol. The smallest absolute Gasteiger partial charge is 0.198 e. The summed E-state index contributed by atoms with van der Waals surface area (Å²) in [5, 5.41) is 0. The van der Waals surface area contributed by atoms with Crippen LogP contribution in [0.4, 0.5) is 0 Å². The van der Waals surface area contributed by atoms with Gasteiger partial charge in [-0.15, -0.1) is 0 Å². The zero-order valence-electron chi connectivity index (χ0n) is 8.90. The van der Waals surface area contributed by atoms with E-state index in [2.05, 4.69) is 15.9 Å². The zero-order chi connectivity index (χ0) is 12.2. The van der Waals surface area contributed by atoms with E-state index in [9.17, 15) is 13.2 Å². The number of furan rings is 1. The van der Waals surface area contributed by atoms with Crippen LogP contribution in [0, 0.1) is 0 Å². The van der Waals surface area contributed by atoms with Crippen molar-refractivity contribution in [2.45, 2.75) is 19.8 Å². The fourth-order valence-corrected chi connectivity index (χ4v) is 2.36. The molecule has 0 saturated heterocycles. The summed E-state index contributed by atoms with van der Waals surface area (Å²) in [6.45, 7) is 1.60. The number of sulfone groups is 1. The Hall–Kier alpha value is -0.620. The fraction of sp³-hybridized carbons (Fsp3) is 0.500. The van der Waals surface area contributed by atoms with Crippen molar-refractivity contribution in [1.29, 1.82) is 0 Å². The highest BCUT2D eigenvalue weighted by Gasteiger charge is 2.13. The van der Waals surface area contributed by atoms with Gasteiger partial charge in [-0.3, -0.25) is 4.79 Å². The minimum absolute atomic E-state index is 0.0527. The minimum Gasteiger partial charge on any atom is -0.446 e. The van der Waals surface area contributed by atoms with Gasteiger partial charge >= 0.3 is 0 Å². The Bertz CT molecular complexity index is 461. The Labute approximate surface area is 103 Å². The summed E-state index contributed by atoms with van der Waals surface area (Å²) < 4.78 is 27.9. The average Bonchev–Trinajstić information content (AvgIpc) is 2.64. The largest absolute Gasteiger partial charge is 0.446 e. The first-order chi connectivity index (χ1) is 7.44. The molecule has 0 aliphatic carbocycles. The first-order valence-corrected chi connectivity index (χ1v) is 7.55. The van der Waals surface area contributed by atoms with Crippen LogP contribution in [0.1, 0.15) is 30.3 Å². The summed E-state index contributed by atoms with van der Waals surface area (Å²) in [7, 11) is -2.98. The van der Waals surface area contributed by atoms with Gasteiger partial charge in [0.05, 0.1) is 5.75 Å². The summed E-state index contributed by atoms with van der Waals surface area (Å²) in [5.74, 6) is 0.266. The van der Waals surface area contributed by atoms with Crippen LogP contribution in [0.15, 0.2) is 21.2 Å². The van der Waals surface area contributed by atoms with E-state index in [1.165, 1.54) is 0 Å². The van der Waals surface area contributed by atoms with Gasteiger partial charge in [0.15, 0.2) is 16.2 Å². The highest BCUT2D eigenvalue weighted by atomic mass is 79.9. The highest BCUT2D eigenvalue weighted by molar-refractivity contribution is 9.10. The van der Waals surface area contributed by atoms with E-state index in [1.807, 2.05) is 0 Å². The molecule has 0 radical (unpaired) electrons. The Kier molecular flexibility index (Phi) is 4.73.